The minimum Gasteiger partial charge on any atom is -0.467 e. The summed E-state index contributed by atoms with van der Waals surface area (Å²) >= 11 is 0. The topological polar surface area (TPSA) is 63.3 Å². The van der Waals surface area contributed by atoms with Crippen molar-refractivity contribution in [3.05, 3.63) is 72.7 Å². The largest absolute Gasteiger partial charge is 0.467 e. The van der Waals surface area contributed by atoms with Crippen molar-refractivity contribution >= 4 is 5.91 Å². The first-order valence-electron chi connectivity index (χ1n) is 10.3. The van der Waals surface area contributed by atoms with Gasteiger partial charge in [-0.1, -0.05) is 0 Å². The Balaban J connectivity index is 1.14. The molecular formula is C23H26N4O2. The van der Waals surface area contributed by atoms with Crippen molar-refractivity contribution < 1.29 is 9.21 Å². The number of nitrogens with one attached hydrogen (secondary N) is 1. The molecule has 29 heavy (non-hydrogen) atoms. The van der Waals surface area contributed by atoms with Gasteiger partial charge in [0.2, 0.25) is 5.91 Å². The van der Waals surface area contributed by atoms with Crippen molar-refractivity contribution in [3.8, 4) is 5.69 Å². The second kappa shape index (κ2) is 7.52. The summed E-state index contributed by atoms with van der Waals surface area (Å²) in [5, 5.41) is 3.04. The van der Waals surface area contributed by atoms with Crippen LogP contribution >= 0.6 is 0 Å². The van der Waals surface area contributed by atoms with Crippen LogP contribution in [0.5, 0.6) is 0 Å². The van der Waals surface area contributed by atoms with Crippen LogP contribution in [0.3, 0.4) is 0 Å². The van der Waals surface area contributed by atoms with E-state index in [1.807, 2.05) is 24.4 Å². The number of aromatic nitrogens is 2. The van der Waals surface area contributed by atoms with Crippen LogP contribution in [0.25, 0.3) is 5.69 Å². The maximum absolute atomic E-state index is 12.5. The molecule has 0 bridgehead atoms. The highest BCUT2D eigenvalue weighted by molar-refractivity contribution is 5.82. The first-order valence-corrected chi connectivity index (χ1v) is 10.3. The average Bonchev–Trinajstić information content (AvgIpc) is 3.12. The normalized spacial score (nSPS) is 20.6. The van der Waals surface area contributed by atoms with Crippen molar-refractivity contribution in [1.29, 1.82) is 0 Å². The fraction of sp³-hybridized carbons (Fsp3) is 0.391. The SMILES string of the molecule is O=C(NCc1ccco1)C1CC12CCN(Cc1cccn1-c1cccnc1)CC2. The molecule has 1 spiro atoms. The number of likely N-dealkylation sites (tertiary alicyclic amines) is 1. The van der Waals surface area contributed by atoms with Gasteiger partial charge in [-0.15, -0.1) is 0 Å². The van der Waals surface area contributed by atoms with E-state index >= 15 is 0 Å². The Bertz CT molecular complexity index is 956. The van der Waals surface area contributed by atoms with Gasteiger partial charge in [0.05, 0.1) is 24.7 Å². The van der Waals surface area contributed by atoms with Crippen LogP contribution in [0.2, 0.25) is 0 Å². The lowest BCUT2D eigenvalue weighted by Crippen LogP contribution is -2.37. The Morgan fingerprint density at radius 1 is 1.21 bits per heavy atom. The zero-order chi connectivity index (χ0) is 19.7. The number of furan rings is 1. The Hall–Kier alpha value is -2.86. The third kappa shape index (κ3) is 3.72. The van der Waals surface area contributed by atoms with Crippen molar-refractivity contribution in [2.75, 3.05) is 13.1 Å². The molecule has 6 heteroatoms. The van der Waals surface area contributed by atoms with E-state index in [-0.39, 0.29) is 17.2 Å². The van der Waals surface area contributed by atoms with Crippen molar-refractivity contribution in [3.63, 3.8) is 0 Å². The number of hydrogen-bond donors (Lipinski definition) is 1. The van der Waals surface area contributed by atoms with Crippen molar-refractivity contribution in [1.82, 2.24) is 19.8 Å². The van der Waals surface area contributed by atoms with Gasteiger partial charge in [-0.25, -0.2) is 0 Å². The molecule has 0 aromatic carbocycles. The second-order valence-corrected chi connectivity index (χ2v) is 8.27. The molecule has 4 heterocycles. The van der Waals surface area contributed by atoms with E-state index in [0.717, 1.165) is 50.3 Å². The Kier molecular flexibility index (Phi) is 4.72. The van der Waals surface area contributed by atoms with E-state index in [4.69, 9.17) is 4.42 Å². The van der Waals surface area contributed by atoms with E-state index in [0.29, 0.717) is 6.54 Å². The van der Waals surface area contributed by atoms with E-state index in [1.165, 1.54) is 5.69 Å². The summed E-state index contributed by atoms with van der Waals surface area (Å²) in [6.07, 6.45) is 10.6. The highest BCUT2D eigenvalue weighted by Gasteiger charge is 2.58. The predicted molar refractivity (Wildman–Crippen MR) is 109 cm³/mol. The maximum atomic E-state index is 12.5. The van der Waals surface area contributed by atoms with Crippen LogP contribution in [0.1, 0.15) is 30.7 Å². The van der Waals surface area contributed by atoms with Gasteiger partial charge in [-0.2, -0.15) is 0 Å². The van der Waals surface area contributed by atoms with Gasteiger partial charge in [0.1, 0.15) is 5.76 Å². The minimum absolute atomic E-state index is 0.166. The molecule has 3 aromatic rings. The third-order valence-electron chi connectivity index (χ3n) is 6.52. The summed E-state index contributed by atoms with van der Waals surface area (Å²) in [7, 11) is 0. The van der Waals surface area contributed by atoms with Gasteiger partial charge >= 0.3 is 0 Å². The summed E-state index contributed by atoms with van der Waals surface area (Å²) in [6.45, 7) is 3.49. The molecule has 1 saturated heterocycles. The summed E-state index contributed by atoms with van der Waals surface area (Å²) < 4.78 is 7.51. The van der Waals surface area contributed by atoms with E-state index in [9.17, 15) is 4.79 Å². The number of carbonyl (C=O) groups is 1. The lowest BCUT2D eigenvalue weighted by Gasteiger charge is -2.33. The van der Waals surface area contributed by atoms with Gasteiger partial charge in [0.25, 0.3) is 0 Å². The monoisotopic (exact) mass is 390 g/mol. The molecule has 1 amide bonds. The molecule has 1 N–H and O–H groups in total. The Morgan fingerprint density at radius 2 is 2.10 bits per heavy atom. The summed E-state index contributed by atoms with van der Waals surface area (Å²) in [5.41, 5.74) is 2.59. The van der Waals surface area contributed by atoms with E-state index in [1.54, 1.807) is 12.5 Å². The zero-order valence-electron chi connectivity index (χ0n) is 16.5. The predicted octanol–water partition coefficient (Wildman–Crippen LogP) is 3.38. The first kappa shape index (κ1) is 18.2. The van der Waals surface area contributed by atoms with Gasteiger partial charge in [0, 0.05) is 30.6 Å². The quantitative estimate of drug-likeness (QED) is 0.701. The number of hydrogen-bond acceptors (Lipinski definition) is 4. The highest BCUT2D eigenvalue weighted by Crippen LogP contribution is 2.59. The number of nitrogens with zero attached hydrogens (tertiary/aromatic N) is 3. The summed E-state index contributed by atoms with van der Waals surface area (Å²) in [4.78, 5) is 19.3. The van der Waals surface area contributed by atoms with Gasteiger partial charge in [0.15, 0.2) is 0 Å². The lowest BCUT2D eigenvalue weighted by atomic mass is 9.90. The van der Waals surface area contributed by atoms with Crippen LogP contribution < -0.4 is 5.32 Å². The number of amides is 1. The van der Waals surface area contributed by atoms with Gasteiger partial charge < -0.3 is 14.3 Å². The first-order chi connectivity index (χ1) is 14.2. The molecule has 1 atom stereocenters. The van der Waals surface area contributed by atoms with Crippen molar-refractivity contribution in [2.24, 2.45) is 11.3 Å². The molecule has 1 aliphatic carbocycles. The summed E-state index contributed by atoms with van der Waals surface area (Å²) in [6, 6.07) is 12.1. The maximum Gasteiger partial charge on any atom is 0.224 e. The molecule has 2 fully saturated rings. The highest BCUT2D eigenvalue weighted by atomic mass is 16.3. The van der Waals surface area contributed by atoms with Crippen molar-refractivity contribution in [2.45, 2.75) is 32.4 Å². The van der Waals surface area contributed by atoms with Crippen LogP contribution in [0.4, 0.5) is 0 Å². The molecule has 0 radical (unpaired) electrons. The van der Waals surface area contributed by atoms with Gasteiger partial charge in [-0.3, -0.25) is 14.7 Å². The fourth-order valence-electron chi connectivity index (χ4n) is 4.66. The molecule has 2 aliphatic rings. The molecule has 150 valence electrons. The molecule has 3 aromatic heterocycles. The fourth-order valence-corrected chi connectivity index (χ4v) is 4.66. The van der Waals surface area contributed by atoms with Crippen LogP contribution in [-0.2, 0) is 17.9 Å². The number of pyridine rings is 1. The molecule has 5 rings (SSSR count). The van der Waals surface area contributed by atoms with Gasteiger partial charge in [-0.05, 0) is 74.2 Å². The Labute approximate surface area is 170 Å². The zero-order valence-corrected chi connectivity index (χ0v) is 16.5. The standard InChI is InChI=1S/C23H26N4O2/c28-22(25-16-20-6-3-13-29-20)21-14-23(21)7-11-26(12-8-23)17-19-5-2-10-27(19)18-4-1-9-24-15-18/h1-6,9-10,13,15,21H,7-8,11-12,14,16-17H2,(H,25,28). The molecule has 1 saturated carbocycles. The molecule has 1 aliphatic heterocycles. The van der Waals surface area contributed by atoms with Crippen LogP contribution in [-0.4, -0.2) is 33.4 Å². The van der Waals surface area contributed by atoms with Crippen LogP contribution in [0.15, 0.2) is 65.7 Å². The second-order valence-electron chi connectivity index (χ2n) is 8.27. The van der Waals surface area contributed by atoms with Crippen LogP contribution in [0, 0.1) is 11.3 Å². The Morgan fingerprint density at radius 3 is 2.86 bits per heavy atom. The molecule has 6 nitrogen and oxygen atoms in total. The number of carbonyl (C=O) groups excluding carboxylic acids is 1. The average molecular weight is 390 g/mol. The lowest BCUT2D eigenvalue weighted by molar-refractivity contribution is -0.123. The minimum atomic E-state index is 0.166. The summed E-state index contributed by atoms with van der Waals surface area (Å²) in [5.74, 6) is 1.15. The van der Waals surface area contributed by atoms with E-state index in [2.05, 4.69) is 44.2 Å². The number of piperidine rings is 1. The smallest absolute Gasteiger partial charge is 0.224 e. The number of rotatable bonds is 6. The molecular weight excluding hydrogens is 364 g/mol. The third-order valence-corrected chi connectivity index (χ3v) is 6.52. The van der Waals surface area contributed by atoms with E-state index < -0.39 is 0 Å². The molecule has 1 unspecified atom stereocenters.